The zero-order valence-corrected chi connectivity index (χ0v) is 15.3. The average molecular weight is 342 g/mol. The first-order valence-electron chi connectivity index (χ1n) is 8.11. The molecule has 0 radical (unpaired) electrons. The van der Waals surface area contributed by atoms with E-state index in [9.17, 15) is 4.79 Å². The molecule has 3 rings (SSSR count). The normalized spacial score (nSPS) is 11.8. The van der Waals surface area contributed by atoms with Crippen LogP contribution in [0.25, 0.3) is 11.0 Å². The number of rotatable bonds is 4. The lowest BCUT2D eigenvalue weighted by Gasteiger charge is -2.14. The van der Waals surface area contributed by atoms with Crippen molar-refractivity contribution in [2.75, 3.05) is 5.32 Å². The smallest absolute Gasteiger partial charge is 0.230 e. The summed E-state index contributed by atoms with van der Waals surface area (Å²) >= 11 is 1.46. The van der Waals surface area contributed by atoms with Crippen molar-refractivity contribution in [1.82, 2.24) is 4.98 Å². The summed E-state index contributed by atoms with van der Waals surface area (Å²) in [5.41, 5.74) is 3.94. The number of nitrogens with zero attached hydrogens (tertiary/aromatic N) is 1. The minimum absolute atomic E-state index is 0.0166. The van der Waals surface area contributed by atoms with Crippen LogP contribution < -0.4 is 5.32 Å². The Hall–Kier alpha value is -2.14. The van der Waals surface area contributed by atoms with Gasteiger partial charge in [-0.05, 0) is 18.1 Å². The molecule has 1 N–H and O–H groups in total. The van der Waals surface area contributed by atoms with Crippen LogP contribution in [0.2, 0.25) is 0 Å². The van der Waals surface area contributed by atoms with E-state index in [2.05, 4.69) is 44.1 Å². The van der Waals surface area contributed by atoms with Crippen molar-refractivity contribution in [3.8, 4) is 0 Å². The number of amides is 1. The molecular formula is C19H22N2O2S. The summed E-state index contributed by atoms with van der Waals surface area (Å²) in [6.45, 7) is 8.43. The van der Waals surface area contributed by atoms with E-state index >= 15 is 0 Å². The average Bonchev–Trinajstić information content (AvgIpc) is 3.14. The maximum Gasteiger partial charge on any atom is 0.230 e. The van der Waals surface area contributed by atoms with Crippen molar-refractivity contribution < 1.29 is 9.21 Å². The Kier molecular flexibility index (Phi) is 4.45. The Labute approximate surface area is 145 Å². The van der Waals surface area contributed by atoms with Gasteiger partial charge in [-0.15, -0.1) is 11.3 Å². The van der Waals surface area contributed by atoms with Gasteiger partial charge >= 0.3 is 0 Å². The Balaban J connectivity index is 1.72. The molecule has 2 aromatic heterocycles. The largest absolute Gasteiger partial charge is 0.464 e. The van der Waals surface area contributed by atoms with Gasteiger partial charge in [0, 0.05) is 21.7 Å². The second-order valence-corrected chi connectivity index (χ2v) is 7.82. The minimum Gasteiger partial charge on any atom is -0.464 e. The Morgan fingerprint density at radius 1 is 1.33 bits per heavy atom. The number of furan rings is 1. The fourth-order valence-corrected chi connectivity index (χ4v) is 3.45. The first-order valence-corrected chi connectivity index (χ1v) is 8.99. The van der Waals surface area contributed by atoms with Crippen LogP contribution in [0.1, 0.15) is 44.5 Å². The van der Waals surface area contributed by atoms with Crippen LogP contribution in [0.3, 0.4) is 0 Å². The highest BCUT2D eigenvalue weighted by molar-refractivity contribution is 7.13. The molecule has 1 aromatic carbocycles. The van der Waals surface area contributed by atoms with Crippen LogP contribution in [-0.2, 0) is 23.1 Å². The van der Waals surface area contributed by atoms with Gasteiger partial charge in [0.25, 0.3) is 0 Å². The molecule has 0 aliphatic rings. The second-order valence-electron chi connectivity index (χ2n) is 6.96. The molecule has 0 saturated carbocycles. The highest BCUT2D eigenvalue weighted by Gasteiger charge is 2.18. The third-order valence-corrected chi connectivity index (χ3v) is 4.76. The van der Waals surface area contributed by atoms with E-state index in [1.807, 2.05) is 17.5 Å². The lowest BCUT2D eigenvalue weighted by molar-refractivity contribution is -0.115. The van der Waals surface area contributed by atoms with Crippen molar-refractivity contribution in [2.24, 2.45) is 0 Å². The predicted octanol–water partition coefficient (Wildman–Crippen LogP) is 4.93. The van der Waals surface area contributed by atoms with Gasteiger partial charge < -0.3 is 9.73 Å². The summed E-state index contributed by atoms with van der Waals surface area (Å²) in [4.78, 5) is 16.8. The molecule has 4 nitrogen and oxygen atoms in total. The minimum atomic E-state index is -0.0768. The molecule has 0 atom stereocenters. The van der Waals surface area contributed by atoms with Gasteiger partial charge in [0.2, 0.25) is 5.91 Å². The molecule has 1 amide bonds. The summed E-state index contributed by atoms with van der Waals surface area (Å²) in [6.07, 6.45) is 2.92. The van der Waals surface area contributed by atoms with Gasteiger partial charge in [0.05, 0.1) is 18.4 Å². The number of benzene rings is 1. The molecule has 24 heavy (non-hydrogen) atoms. The molecule has 0 bridgehead atoms. The molecule has 3 aromatic rings. The number of aryl methyl sites for hydroxylation is 1. The lowest BCUT2D eigenvalue weighted by atomic mass is 9.93. The fraction of sp³-hybridized carbons (Fsp3) is 0.368. The van der Waals surface area contributed by atoms with Crippen molar-refractivity contribution in [2.45, 2.75) is 46.0 Å². The summed E-state index contributed by atoms with van der Waals surface area (Å²) < 4.78 is 5.60. The fourth-order valence-electron chi connectivity index (χ4n) is 2.50. The maximum absolute atomic E-state index is 12.3. The van der Waals surface area contributed by atoms with Crippen molar-refractivity contribution in [3.63, 3.8) is 0 Å². The van der Waals surface area contributed by atoms with E-state index in [1.165, 1.54) is 16.9 Å². The highest BCUT2D eigenvalue weighted by atomic mass is 32.1. The first-order chi connectivity index (χ1) is 11.4. The van der Waals surface area contributed by atoms with E-state index in [-0.39, 0.29) is 17.7 Å². The first kappa shape index (κ1) is 16.7. The summed E-state index contributed by atoms with van der Waals surface area (Å²) in [6, 6.07) is 6.14. The molecule has 2 heterocycles. The lowest BCUT2D eigenvalue weighted by Crippen LogP contribution is -2.15. The third-order valence-electron chi connectivity index (χ3n) is 4.00. The standard InChI is InChI=1S/C19H22N2O2S/c1-5-12-6-7-14-13(10-23-15(14)8-12)9-17(22)21-18-20-16(11-24-18)19(2,3)4/h6-8,10-11H,5,9H2,1-4H3,(H,20,21,22). The molecule has 0 fully saturated rings. The number of hydrogen-bond acceptors (Lipinski definition) is 4. The second kappa shape index (κ2) is 6.40. The molecular weight excluding hydrogens is 320 g/mol. The third kappa shape index (κ3) is 3.51. The van der Waals surface area contributed by atoms with Crippen LogP contribution in [-0.4, -0.2) is 10.9 Å². The summed E-state index contributed by atoms with van der Waals surface area (Å²) in [5.74, 6) is -0.0768. The van der Waals surface area contributed by atoms with E-state index in [0.717, 1.165) is 28.6 Å². The number of anilines is 1. The molecule has 0 saturated heterocycles. The number of hydrogen-bond donors (Lipinski definition) is 1. The van der Waals surface area contributed by atoms with Crippen molar-refractivity contribution in [3.05, 3.63) is 46.7 Å². The van der Waals surface area contributed by atoms with Crippen molar-refractivity contribution >= 4 is 33.3 Å². The molecule has 0 unspecified atom stereocenters. The van der Waals surface area contributed by atoms with Gasteiger partial charge in [0.15, 0.2) is 5.13 Å². The number of thiazole rings is 1. The van der Waals surface area contributed by atoms with Gasteiger partial charge in [0.1, 0.15) is 5.58 Å². The summed E-state index contributed by atoms with van der Waals surface area (Å²) in [7, 11) is 0. The van der Waals surface area contributed by atoms with Crippen LogP contribution in [0.5, 0.6) is 0 Å². The SMILES string of the molecule is CCc1ccc2c(CC(=O)Nc3nc(C(C)(C)C)cs3)coc2c1. The zero-order valence-electron chi connectivity index (χ0n) is 14.5. The Morgan fingerprint density at radius 3 is 2.79 bits per heavy atom. The van der Waals surface area contributed by atoms with Crippen LogP contribution in [0.15, 0.2) is 34.3 Å². The van der Waals surface area contributed by atoms with E-state index in [1.54, 1.807) is 6.26 Å². The number of fused-ring (bicyclic) bond motifs is 1. The summed E-state index contributed by atoms with van der Waals surface area (Å²) in [5, 5.41) is 6.52. The number of nitrogens with one attached hydrogen (secondary N) is 1. The van der Waals surface area contributed by atoms with Gasteiger partial charge in [-0.1, -0.05) is 39.8 Å². The van der Waals surface area contributed by atoms with E-state index in [4.69, 9.17) is 4.42 Å². The van der Waals surface area contributed by atoms with Crippen molar-refractivity contribution in [1.29, 1.82) is 0 Å². The van der Waals surface area contributed by atoms with Gasteiger partial charge in [-0.25, -0.2) is 4.98 Å². The van der Waals surface area contributed by atoms with Crippen LogP contribution >= 0.6 is 11.3 Å². The number of carbonyl (C=O) groups is 1. The topological polar surface area (TPSA) is 55.1 Å². The van der Waals surface area contributed by atoms with Gasteiger partial charge in [-0.3, -0.25) is 4.79 Å². The number of carbonyl (C=O) groups excluding carboxylic acids is 1. The Morgan fingerprint density at radius 2 is 2.12 bits per heavy atom. The Bertz CT molecular complexity index is 871. The molecule has 0 aliphatic carbocycles. The van der Waals surface area contributed by atoms with E-state index < -0.39 is 0 Å². The molecule has 5 heteroatoms. The highest BCUT2D eigenvalue weighted by Crippen LogP contribution is 2.27. The van der Waals surface area contributed by atoms with Gasteiger partial charge in [-0.2, -0.15) is 0 Å². The molecule has 0 spiro atoms. The predicted molar refractivity (Wildman–Crippen MR) is 98.7 cm³/mol. The van der Waals surface area contributed by atoms with Crippen LogP contribution in [0, 0.1) is 0 Å². The zero-order chi connectivity index (χ0) is 17.3. The number of aromatic nitrogens is 1. The van der Waals surface area contributed by atoms with E-state index in [0.29, 0.717) is 5.13 Å². The quantitative estimate of drug-likeness (QED) is 0.731. The molecule has 126 valence electrons. The maximum atomic E-state index is 12.3. The van der Waals surface area contributed by atoms with Crippen LogP contribution in [0.4, 0.5) is 5.13 Å². The monoisotopic (exact) mass is 342 g/mol. The molecule has 0 aliphatic heterocycles.